The maximum absolute atomic E-state index is 12.4. The molecule has 0 aliphatic carbocycles. The third kappa shape index (κ3) is 3.46. The molecule has 2 aromatic heterocycles. The molecule has 2 aromatic carbocycles. The maximum Gasteiger partial charge on any atom is 0.246 e. The van der Waals surface area contributed by atoms with Crippen molar-refractivity contribution < 1.29 is 13.9 Å². The third-order valence-corrected chi connectivity index (χ3v) is 4.45. The SMILES string of the molecule is COc1ccccc1CC(=O)Cc1ccc(-c2nn3c(C)ncc3o2)cc1. The van der Waals surface area contributed by atoms with Gasteiger partial charge in [0.25, 0.3) is 0 Å². The van der Waals surface area contributed by atoms with Crippen LogP contribution in [0.15, 0.2) is 59.1 Å². The highest BCUT2D eigenvalue weighted by molar-refractivity contribution is 5.83. The summed E-state index contributed by atoms with van der Waals surface area (Å²) in [7, 11) is 1.62. The number of Topliss-reactive ketones (excluding diaryl/α,β-unsaturated/α-hetero) is 1. The lowest BCUT2D eigenvalue weighted by atomic mass is 10.0. The molecule has 4 aromatic rings. The zero-order valence-electron chi connectivity index (χ0n) is 15.2. The molecule has 0 bridgehead atoms. The molecule has 6 heteroatoms. The van der Waals surface area contributed by atoms with E-state index in [1.54, 1.807) is 17.8 Å². The summed E-state index contributed by atoms with van der Waals surface area (Å²) in [6.45, 7) is 1.87. The van der Waals surface area contributed by atoms with E-state index in [1.165, 1.54) is 0 Å². The lowest BCUT2D eigenvalue weighted by Gasteiger charge is -2.07. The Labute approximate surface area is 156 Å². The van der Waals surface area contributed by atoms with E-state index in [1.807, 2.05) is 55.5 Å². The van der Waals surface area contributed by atoms with Crippen LogP contribution in [-0.4, -0.2) is 27.5 Å². The first-order chi connectivity index (χ1) is 13.1. The molecule has 27 heavy (non-hydrogen) atoms. The second-order valence-electron chi connectivity index (χ2n) is 6.36. The van der Waals surface area contributed by atoms with Crippen LogP contribution in [-0.2, 0) is 17.6 Å². The highest BCUT2D eigenvalue weighted by Gasteiger charge is 2.12. The molecule has 4 rings (SSSR count). The number of hydrogen-bond acceptors (Lipinski definition) is 5. The Morgan fingerprint density at radius 2 is 1.89 bits per heavy atom. The summed E-state index contributed by atoms with van der Waals surface area (Å²) in [4.78, 5) is 16.6. The molecule has 0 aliphatic heterocycles. The van der Waals surface area contributed by atoms with Crippen molar-refractivity contribution in [2.45, 2.75) is 19.8 Å². The lowest BCUT2D eigenvalue weighted by molar-refractivity contribution is -0.117. The monoisotopic (exact) mass is 361 g/mol. The van der Waals surface area contributed by atoms with Crippen molar-refractivity contribution in [2.24, 2.45) is 0 Å². The number of methoxy groups -OCH3 is 1. The van der Waals surface area contributed by atoms with Gasteiger partial charge < -0.3 is 9.15 Å². The summed E-state index contributed by atoms with van der Waals surface area (Å²) in [6.07, 6.45) is 2.37. The van der Waals surface area contributed by atoms with Crippen LogP contribution < -0.4 is 4.74 Å². The van der Waals surface area contributed by atoms with Gasteiger partial charge in [-0.05, 0) is 30.7 Å². The molecule has 0 fully saturated rings. The van der Waals surface area contributed by atoms with Crippen LogP contribution in [0.3, 0.4) is 0 Å². The first-order valence-corrected chi connectivity index (χ1v) is 8.68. The van der Waals surface area contributed by atoms with Crippen molar-refractivity contribution in [2.75, 3.05) is 7.11 Å². The molecular formula is C21H19N3O3. The fourth-order valence-electron chi connectivity index (χ4n) is 3.05. The number of rotatable bonds is 6. The average molecular weight is 361 g/mol. The van der Waals surface area contributed by atoms with E-state index in [4.69, 9.17) is 9.15 Å². The van der Waals surface area contributed by atoms with E-state index in [0.717, 1.165) is 28.3 Å². The lowest BCUT2D eigenvalue weighted by Crippen LogP contribution is -2.07. The quantitative estimate of drug-likeness (QED) is 0.524. The Balaban J connectivity index is 1.46. The predicted molar refractivity (Wildman–Crippen MR) is 101 cm³/mol. The molecule has 0 amide bonds. The molecule has 0 aliphatic rings. The molecule has 0 saturated heterocycles. The van der Waals surface area contributed by atoms with E-state index in [-0.39, 0.29) is 5.78 Å². The van der Waals surface area contributed by atoms with E-state index in [2.05, 4.69) is 10.1 Å². The number of fused-ring (bicyclic) bond motifs is 1. The minimum absolute atomic E-state index is 0.138. The number of nitrogens with zero attached hydrogens (tertiary/aromatic N) is 3. The summed E-state index contributed by atoms with van der Waals surface area (Å²) in [5.74, 6) is 2.19. The number of aryl methyl sites for hydroxylation is 1. The second-order valence-corrected chi connectivity index (χ2v) is 6.36. The van der Waals surface area contributed by atoms with Crippen LogP contribution in [0.4, 0.5) is 0 Å². The molecular weight excluding hydrogens is 342 g/mol. The summed E-state index contributed by atoms with van der Waals surface area (Å²) >= 11 is 0. The summed E-state index contributed by atoms with van der Waals surface area (Å²) in [5.41, 5.74) is 3.33. The Bertz CT molecular complexity index is 1090. The van der Waals surface area contributed by atoms with E-state index < -0.39 is 0 Å². The molecule has 0 spiro atoms. The van der Waals surface area contributed by atoms with Crippen molar-refractivity contribution >= 4 is 11.5 Å². The number of ketones is 1. The topological polar surface area (TPSA) is 69.6 Å². The number of benzene rings is 2. The van der Waals surface area contributed by atoms with Crippen molar-refractivity contribution in [3.05, 3.63) is 71.7 Å². The van der Waals surface area contributed by atoms with Crippen LogP contribution in [0, 0.1) is 6.92 Å². The van der Waals surface area contributed by atoms with Gasteiger partial charge in [0.1, 0.15) is 17.4 Å². The summed E-state index contributed by atoms with van der Waals surface area (Å²) in [5, 5.41) is 4.41. The second kappa shape index (κ2) is 7.07. The van der Waals surface area contributed by atoms with Gasteiger partial charge in [-0.2, -0.15) is 4.52 Å². The fourth-order valence-corrected chi connectivity index (χ4v) is 3.05. The van der Waals surface area contributed by atoms with Gasteiger partial charge in [-0.25, -0.2) is 4.98 Å². The van der Waals surface area contributed by atoms with Gasteiger partial charge in [0, 0.05) is 24.0 Å². The molecule has 6 nitrogen and oxygen atoms in total. The largest absolute Gasteiger partial charge is 0.496 e. The Kier molecular flexibility index (Phi) is 4.46. The van der Waals surface area contributed by atoms with Gasteiger partial charge in [0.05, 0.1) is 13.3 Å². The van der Waals surface area contributed by atoms with Crippen LogP contribution in [0.2, 0.25) is 0 Å². The van der Waals surface area contributed by atoms with Crippen molar-refractivity contribution in [3.63, 3.8) is 0 Å². The molecule has 0 saturated carbocycles. The minimum Gasteiger partial charge on any atom is -0.496 e. The first kappa shape index (κ1) is 17.0. The molecule has 136 valence electrons. The smallest absolute Gasteiger partial charge is 0.246 e. The van der Waals surface area contributed by atoms with Crippen molar-refractivity contribution in [1.29, 1.82) is 0 Å². The Hall–Kier alpha value is -3.41. The predicted octanol–water partition coefficient (Wildman–Crippen LogP) is 3.66. The fraction of sp³-hybridized carbons (Fsp3) is 0.190. The van der Waals surface area contributed by atoms with Crippen molar-refractivity contribution in [3.8, 4) is 17.2 Å². The van der Waals surface area contributed by atoms with E-state index in [9.17, 15) is 4.79 Å². The van der Waals surface area contributed by atoms with Crippen LogP contribution in [0.1, 0.15) is 17.0 Å². The molecule has 2 heterocycles. The molecule has 0 N–H and O–H groups in total. The molecule has 0 unspecified atom stereocenters. The first-order valence-electron chi connectivity index (χ1n) is 8.68. The summed E-state index contributed by atoms with van der Waals surface area (Å²) in [6, 6.07) is 15.3. The zero-order valence-corrected chi connectivity index (χ0v) is 15.2. The highest BCUT2D eigenvalue weighted by atomic mass is 16.5. The number of imidazole rings is 1. The number of carbonyl (C=O) groups excluding carboxylic acids is 1. The Morgan fingerprint density at radius 1 is 1.11 bits per heavy atom. The van der Waals surface area contributed by atoms with Gasteiger partial charge in [-0.3, -0.25) is 4.79 Å². The number of aromatic nitrogens is 3. The standard InChI is InChI=1S/C21H19N3O3/c1-14-22-13-20-24(14)23-21(27-20)16-9-7-15(8-10-16)11-18(25)12-17-5-3-4-6-19(17)26-2/h3-10,13H,11-12H2,1-2H3. The van der Waals surface area contributed by atoms with Gasteiger partial charge in [0.15, 0.2) is 0 Å². The van der Waals surface area contributed by atoms with Gasteiger partial charge >= 0.3 is 0 Å². The maximum atomic E-state index is 12.4. The van der Waals surface area contributed by atoms with Crippen molar-refractivity contribution in [1.82, 2.24) is 14.6 Å². The average Bonchev–Trinajstić information content (AvgIpc) is 3.25. The third-order valence-electron chi connectivity index (χ3n) is 4.45. The van der Waals surface area contributed by atoms with Gasteiger partial charge in [-0.15, -0.1) is 5.10 Å². The normalized spacial score (nSPS) is 11.0. The zero-order chi connectivity index (χ0) is 18.8. The molecule has 0 atom stereocenters. The van der Waals surface area contributed by atoms with Gasteiger partial charge in [-0.1, -0.05) is 30.3 Å². The number of carbonyl (C=O) groups is 1. The summed E-state index contributed by atoms with van der Waals surface area (Å²) < 4.78 is 12.7. The van der Waals surface area contributed by atoms with E-state index >= 15 is 0 Å². The highest BCUT2D eigenvalue weighted by Crippen LogP contribution is 2.22. The molecule has 0 radical (unpaired) electrons. The number of para-hydroxylation sites is 1. The number of hydrogen-bond donors (Lipinski definition) is 0. The van der Waals surface area contributed by atoms with Gasteiger partial charge in [0.2, 0.25) is 11.6 Å². The van der Waals surface area contributed by atoms with Crippen LogP contribution in [0.5, 0.6) is 5.75 Å². The van der Waals surface area contributed by atoms with Crippen LogP contribution >= 0.6 is 0 Å². The van der Waals surface area contributed by atoms with Crippen LogP contribution in [0.25, 0.3) is 17.2 Å². The minimum atomic E-state index is 0.138. The Morgan fingerprint density at radius 3 is 2.63 bits per heavy atom. The van der Waals surface area contributed by atoms with E-state index in [0.29, 0.717) is 24.4 Å². The number of ether oxygens (including phenoxy) is 1.